The van der Waals surface area contributed by atoms with E-state index < -0.39 is 5.60 Å². The molecule has 0 radical (unpaired) electrons. The lowest BCUT2D eigenvalue weighted by molar-refractivity contribution is 0.0665. The van der Waals surface area contributed by atoms with Gasteiger partial charge in [-0.15, -0.1) is 0 Å². The summed E-state index contributed by atoms with van der Waals surface area (Å²) in [5.41, 5.74) is 4.68. The molecule has 0 saturated heterocycles. The summed E-state index contributed by atoms with van der Waals surface area (Å²) < 4.78 is 12.7. The van der Waals surface area contributed by atoms with Crippen molar-refractivity contribution in [3.63, 3.8) is 0 Å². The van der Waals surface area contributed by atoms with Gasteiger partial charge in [0.25, 0.3) is 0 Å². The average molecular weight is 169 g/mol. The Labute approximate surface area is 70.8 Å². The minimum atomic E-state index is -1.14. The van der Waals surface area contributed by atoms with E-state index in [0.717, 1.165) is 0 Å². The van der Waals surface area contributed by atoms with Crippen molar-refractivity contribution < 1.29 is 9.50 Å². The van der Waals surface area contributed by atoms with E-state index in [2.05, 4.69) is 0 Å². The van der Waals surface area contributed by atoms with Gasteiger partial charge in [0.2, 0.25) is 0 Å². The first-order chi connectivity index (χ1) is 5.56. The lowest BCUT2D eigenvalue weighted by atomic mass is 9.96. The topological polar surface area (TPSA) is 46.2 Å². The van der Waals surface area contributed by atoms with E-state index in [9.17, 15) is 9.50 Å². The van der Waals surface area contributed by atoms with Crippen molar-refractivity contribution >= 4 is 0 Å². The SMILES string of the molecule is C[C@@](O)(CN)c1cccc(F)c1. The van der Waals surface area contributed by atoms with Crippen molar-refractivity contribution in [3.05, 3.63) is 35.6 Å². The summed E-state index contributed by atoms with van der Waals surface area (Å²) in [6.45, 7) is 1.64. The summed E-state index contributed by atoms with van der Waals surface area (Å²) in [6, 6.07) is 5.81. The lowest BCUT2D eigenvalue weighted by Gasteiger charge is -2.21. The maximum atomic E-state index is 12.7. The van der Waals surface area contributed by atoms with Crippen LogP contribution in [0.2, 0.25) is 0 Å². The average Bonchev–Trinajstić information content (AvgIpc) is 2.05. The highest BCUT2D eigenvalue weighted by atomic mass is 19.1. The summed E-state index contributed by atoms with van der Waals surface area (Å²) >= 11 is 0. The molecule has 3 heteroatoms. The maximum Gasteiger partial charge on any atom is 0.123 e. The zero-order valence-electron chi connectivity index (χ0n) is 6.92. The Balaban J connectivity index is 3.03. The van der Waals surface area contributed by atoms with Gasteiger partial charge >= 0.3 is 0 Å². The molecule has 66 valence electrons. The number of aliphatic hydroxyl groups is 1. The molecule has 0 aliphatic rings. The van der Waals surface area contributed by atoms with Crippen molar-refractivity contribution in [2.45, 2.75) is 12.5 Å². The van der Waals surface area contributed by atoms with Gasteiger partial charge in [-0.25, -0.2) is 4.39 Å². The van der Waals surface area contributed by atoms with Crippen molar-refractivity contribution in [2.24, 2.45) is 5.73 Å². The van der Waals surface area contributed by atoms with E-state index in [-0.39, 0.29) is 12.4 Å². The van der Waals surface area contributed by atoms with Gasteiger partial charge in [-0.3, -0.25) is 0 Å². The van der Waals surface area contributed by atoms with E-state index >= 15 is 0 Å². The molecule has 1 aromatic rings. The fourth-order valence-electron chi connectivity index (χ4n) is 0.941. The number of nitrogens with two attached hydrogens (primary N) is 1. The molecule has 0 saturated carbocycles. The molecule has 0 spiro atoms. The summed E-state index contributed by atoms with van der Waals surface area (Å²) in [7, 11) is 0. The van der Waals surface area contributed by atoms with Crippen LogP contribution in [0.4, 0.5) is 4.39 Å². The third kappa shape index (κ3) is 1.81. The standard InChI is InChI=1S/C9H12FNO/c1-9(12,6-11)7-3-2-4-8(10)5-7/h2-5,12H,6,11H2,1H3/t9-/m1/s1. The van der Waals surface area contributed by atoms with Crippen molar-refractivity contribution in [2.75, 3.05) is 6.54 Å². The molecular weight excluding hydrogens is 157 g/mol. The van der Waals surface area contributed by atoms with Gasteiger partial charge in [0.1, 0.15) is 5.82 Å². The first-order valence-corrected chi connectivity index (χ1v) is 3.75. The predicted molar refractivity (Wildman–Crippen MR) is 45.0 cm³/mol. The van der Waals surface area contributed by atoms with Gasteiger partial charge < -0.3 is 10.8 Å². The highest BCUT2D eigenvalue weighted by Gasteiger charge is 2.20. The maximum absolute atomic E-state index is 12.7. The van der Waals surface area contributed by atoms with Crippen LogP contribution in [0.15, 0.2) is 24.3 Å². The van der Waals surface area contributed by atoms with Gasteiger partial charge in [-0.1, -0.05) is 12.1 Å². The molecule has 1 rings (SSSR count). The van der Waals surface area contributed by atoms with Crippen LogP contribution in [0.5, 0.6) is 0 Å². The molecule has 0 aliphatic carbocycles. The van der Waals surface area contributed by atoms with Gasteiger partial charge in [-0.05, 0) is 24.6 Å². The van der Waals surface area contributed by atoms with E-state index in [0.29, 0.717) is 5.56 Å². The van der Waals surface area contributed by atoms with Crippen LogP contribution in [0.25, 0.3) is 0 Å². The van der Waals surface area contributed by atoms with Crippen LogP contribution in [0, 0.1) is 5.82 Å². The van der Waals surface area contributed by atoms with E-state index in [4.69, 9.17) is 5.73 Å². The van der Waals surface area contributed by atoms with Crippen molar-refractivity contribution in [3.8, 4) is 0 Å². The fraction of sp³-hybridized carbons (Fsp3) is 0.333. The van der Waals surface area contributed by atoms with Crippen molar-refractivity contribution in [1.29, 1.82) is 0 Å². The summed E-state index contributed by atoms with van der Waals surface area (Å²) in [6.07, 6.45) is 0. The second kappa shape index (κ2) is 3.21. The van der Waals surface area contributed by atoms with Crippen molar-refractivity contribution in [1.82, 2.24) is 0 Å². The minimum Gasteiger partial charge on any atom is -0.384 e. The smallest absolute Gasteiger partial charge is 0.123 e. The predicted octanol–water partition coefficient (Wildman–Crippen LogP) is 0.992. The molecule has 1 atom stereocenters. The normalized spacial score (nSPS) is 15.7. The van der Waals surface area contributed by atoms with Crippen LogP contribution in [-0.2, 0) is 5.60 Å². The molecule has 0 amide bonds. The third-order valence-electron chi connectivity index (χ3n) is 1.84. The number of hydrogen-bond donors (Lipinski definition) is 2. The highest BCUT2D eigenvalue weighted by Crippen LogP contribution is 2.19. The number of benzene rings is 1. The Kier molecular flexibility index (Phi) is 2.45. The Morgan fingerprint density at radius 3 is 2.75 bits per heavy atom. The molecule has 0 bridgehead atoms. The molecule has 12 heavy (non-hydrogen) atoms. The second-order valence-electron chi connectivity index (χ2n) is 2.99. The Morgan fingerprint density at radius 1 is 1.58 bits per heavy atom. The van der Waals surface area contributed by atoms with Gasteiger partial charge in [0, 0.05) is 6.54 Å². The molecule has 0 aromatic heterocycles. The summed E-state index contributed by atoms with van der Waals surface area (Å²) in [5, 5.41) is 9.63. The first-order valence-electron chi connectivity index (χ1n) is 3.75. The van der Waals surface area contributed by atoms with E-state index in [1.807, 2.05) is 0 Å². The van der Waals surface area contributed by atoms with Crippen LogP contribution >= 0.6 is 0 Å². The molecule has 3 N–H and O–H groups in total. The zero-order valence-corrected chi connectivity index (χ0v) is 6.92. The Hall–Kier alpha value is -0.930. The van der Waals surface area contributed by atoms with Crippen LogP contribution in [0.3, 0.4) is 0 Å². The molecule has 0 aliphatic heterocycles. The Bertz CT molecular complexity index is 273. The molecule has 2 nitrogen and oxygen atoms in total. The molecular formula is C9H12FNO. The number of halogens is 1. The quantitative estimate of drug-likeness (QED) is 0.693. The fourth-order valence-corrected chi connectivity index (χ4v) is 0.941. The molecule has 0 heterocycles. The van der Waals surface area contributed by atoms with Gasteiger partial charge in [0.15, 0.2) is 0 Å². The summed E-state index contributed by atoms with van der Waals surface area (Å²) in [5.74, 6) is -0.360. The monoisotopic (exact) mass is 169 g/mol. The minimum absolute atomic E-state index is 0.0798. The van der Waals surface area contributed by atoms with E-state index in [1.165, 1.54) is 12.1 Å². The van der Waals surface area contributed by atoms with Crippen LogP contribution in [0.1, 0.15) is 12.5 Å². The van der Waals surface area contributed by atoms with E-state index in [1.54, 1.807) is 19.1 Å². The Morgan fingerprint density at radius 2 is 2.25 bits per heavy atom. The molecule has 0 fully saturated rings. The lowest BCUT2D eigenvalue weighted by Crippen LogP contribution is -2.31. The first kappa shape index (κ1) is 9.16. The highest BCUT2D eigenvalue weighted by molar-refractivity contribution is 5.22. The van der Waals surface area contributed by atoms with Gasteiger partial charge in [-0.2, -0.15) is 0 Å². The van der Waals surface area contributed by atoms with Gasteiger partial charge in [0.05, 0.1) is 5.60 Å². The summed E-state index contributed by atoms with van der Waals surface area (Å²) in [4.78, 5) is 0. The second-order valence-corrected chi connectivity index (χ2v) is 2.99. The number of rotatable bonds is 2. The van der Waals surface area contributed by atoms with Crippen LogP contribution in [-0.4, -0.2) is 11.7 Å². The number of hydrogen-bond acceptors (Lipinski definition) is 2. The third-order valence-corrected chi connectivity index (χ3v) is 1.84. The molecule has 1 aromatic carbocycles. The zero-order chi connectivity index (χ0) is 9.19. The molecule has 0 unspecified atom stereocenters. The largest absolute Gasteiger partial charge is 0.384 e. The van der Waals surface area contributed by atoms with Crippen LogP contribution < -0.4 is 5.73 Å².